The SMILES string of the molecule is CCC/C=C(/C=C(/NC1CC2(CCNCC2)C1)c1cc(OC)c(OCCCC2CCNCC2)cc1C)c1ccc(C)o1. The molecule has 5 rings (SSSR count). The Kier molecular flexibility index (Phi) is 10.7. The largest absolute Gasteiger partial charge is 0.493 e. The second-order valence-electron chi connectivity index (χ2n) is 12.9. The van der Waals surface area contributed by atoms with E-state index in [0.717, 1.165) is 97.8 Å². The molecule has 230 valence electrons. The van der Waals surface area contributed by atoms with Crippen molar-refractivity contribution in [2.24, 2.45) is 11.3 Å². The van der Waals surface area contributed by atoms with Gasteiger partial charge in [-0.1, -0.05) is 19.4 Å². The van der Waals surface area contributed by atoms with Crippen molar-refractivity contribution in [3.8, 4) is 11.5 Å². The fraction of sp³-hybridized carbons (Fsp3) is 0.611. The number of piperidine rings is 2. The van der Waals surface area contributed by atoms with Gasteiger partial charge in [-0.3, -0.25) is 0 Å². The summed E-state index contributed by atoms with van der Waals surface area (Å²) >= 11 is 0. The van der Waals surface area contributed by atoms with E-state index in [4.69, 9.17) is 13.9 Å². The van der Waals surface area contributed by atoms with Gasteiger partial charge in [-0.15, -0.1) is 0 Å². The van der Waals surface area contributed by atoms with Crippen LogP contribution in [0.5, 0.6) is 11.5 Å². The number of ether oxygens (including phenoxy) is 2. The van der Waals surface area contributed by atoms with Crippen LogP contribution in [0.25, 0.3) is 11.3 Å². The lowest BCUT2D eigenvalue weighted by molar-refractivity contribution is 0.0535. The first-order valence-corrected chi connectivity index (χ1v) is 16.5. The van der Waals surface area contributed by atoms with Gasteiger partial charge in [0.15, 0.2) is 11.5 Å². The van der Waals surface area contributed by atoms with E-state index in [-0.39, 0.29) is 0 Å². The van der Waals surface area contributed by atoms with E-state index in [1.807, 2.05) is 6.92 Å². The number of methoxy groups -OCH3 is 1. The average Bonchev–Trinajstić information content (AvgIpc) is 3.43. The number of hydrogen-bond donors (Lipinski definition) is 3. The molecule has 0 amide bonds. The van der Waals surface area contributed by atoms with E-state index in [1.54, 1.807) is 7.11 Å². The Balaban J connectivity index is 1.37. The predicted molar refractivity (Wildman–Crippen MR) is 173 cm³/mol. The minimum absolute atomic E-state index is 0.469. The van der Waals surface area contributed by atoms with Crippen molar-refractivity contribution in [3.05, 3.63) is 59.1 Å². The number of allylic oxidation sites excluding steroid dienone is 3. The van der Waals surface area contributed by atoms with Gasteiger partial charge >= 0.3 is 0 Å². The predicted octanol–water partition coefficient (Wildman–Crippen LogP) is 7.41. The number of furan rings is 1. The summed E-state index contributed by atoms with van der Waals surface area (Å²) in [6, 6.07) is 8.94. The molecule has 42 heavy (non-hydrogen) atoms. The van der Waals surface area contributed by atoms with Crippen LogP contribution in [0.1, 0.15) is 93.8 Å². The summed E-state index contributed by atoms with van der Waals surface area (Å²) in [5.41, 5.74) is 5.11. The van der Waals surface area contributed by atoms with E-state index in [2.05, 4.69) is 66.2 Å². The third-order valence-corrected chi connectivity index (χ3v) is 9.63. The van der Waals surface area contributed by atoms with Crippen LogP contribution in [0.15, 0.2) is 40.8 Å². The number of hydrogen-bond acceptors (Lipinski definition) is 6. The molecule has 2 aromatic rings. The lowest BCUT2D eigenvalue weighted by Crippen LogP contribution is -2.52. The molecule has 3 fully saturated rings. The maximum Gasteiger partial charge on any atom is 0.161 e. The van der Waals surface area contributed by atoms with Crippen molar-refractivity contribution in [2.45, 2.75) is 91.0 Å². The maximum absolute atomic E-state index is 6.32. The van der Waals surface area contributed by atoms with Gasteiger partial charge in [0, 0.05) is 22.9 Å². The van der Waals surface area contributed by atoms with Gasteiger partial charge in [0.25, 0.3) is 0 Å². The number of aryl methyl sites for hydroxylation is 2. The highest BCUT2D eigenvalue weighted by molar-refractivity contribution is 5.83. The van der Waals surface area contributed by atoms with Crippen LogP contribution in [0, 0.1) is 25.2 Å². The van der Waals surface area contributed by atoms with Gasteiger partial charge in [-0.25, -0.2) is 0 Å². The second kappa shape index (κ2) is 14.7. The van der Waals surface area contributed by atoms with E-state index in [9.17, 15) is 0 Å². The fourth-order valence-corrected chi connectivity index (χ4v) is 7.09. The van der Waals surface area contributed by atoms with E-state index in [0.29, 0.717) is 11.5 Å². The highest BCUT2D eigenvalue weighted by atomic mass is 16.5. The van der Waals surface area contributed by atoms with Crippen LogP contribution in [0.4, 0.5) is 0 Å². The Hall–Kier alpha value is -2.70. The topological polar surface area (TPSA) is 67.7 Å². The molecule has 0 unspecified atom stereocenters. The third-order valence-electron chi connectivity index (χ3n) is 9.63. The standard InChI is InChI=1S/C36H53N3O3/c1-5-6-9-29(33-11-10-27(3)42-33)22-32(39-30-24-36(25-30)14-18-38-19-15-36)31-23-34(40-4)35(21-26(31)2)41-20-7-8-28-12-16-37-17-13-28/h9-11,21-23,28,30,37-39H,5-8,12-20,24-25H2,1-4H3/b29-9-,32-22+. The van der Waals surface area contributed by atoms with Crippen LogP contribution in [0.2, 0.25) is 0 Å². The molecular weight excluding hydrogens is 522 g/mol. The Morgan fingerprint density at radius 3 is 2.50 bits per heavy atom. The first-order chi connectivity index (χ1) is 20.5. The van der Waals surface area contributed by atoms with Crippen molar-refractivity contribution in [1.29, 1.82) is 0 Å². The molecule has 0 bridgehead atoms. The minimum Gasteiger partial charge on any atom is -0.493 e. The number of unbranched alkanes of at least 4 members (excludes halogenated alkanes) is 1. The minimum atomic E-state index is 0.469. The first kappa shape index (κ1) is 30.7. The molecule has 1 aliphatic carbocycles. The summed E-state index contributed by atoms with van der Waals surface area (Å²) in [5, 5.41) is 11.0. The molecule has 1 aromatic heterocycles. The molecule has 2 saturated heterocycles. The van der Waals surface area contributed by atoms with Gasteiger partial charge < -0.3 is 29.8 Å². The number of benzene rings is 1. The van der Waals surface area contributed by atoms with Crippen LogP contribution in [-0.4, -0.2) is 45.9 Å². The number of nitrogens with one attached hydrogen (secondary N) is 3. The zero-order valence-corrected chi connectivity index (χ0v) is 26.5. The second-order valence-corrected chi connectivity index (χ2v) is 12.9. The summed E-state index contributed by atoms with van der Waals surface area (Å²) in [7, 11) is 1.75. The molecule has 2 aliphatic heterocycles. The Morgan fingerprint density at radius 1 is 1.05 bits per heavy atom. The highest BCUT2D eigenvalue weighted by Crippen LogP contribution is 2.48. The molecule has 1 aromatic carbocycles. The quantitative estimate of drug-likeness (QED) is 0.171. The van der Waals surface area contributed by atoms with Gasteiger partial charge in [-0.2, -0.15) is 0 Å². The maximum atomic E-state index is 6.32. The normalized spacial score (nSPS) is 20.0. The van der Waals surface area contributed by atoms with Crippen molar-refractivity contribution in [1.82, 2.24) is 16.0 Å². The summed E-state index contributed by atoms with van der Waals surface area (Å²) in [6.45, 7) is 11.7. The smallest absolute Gasteiger partial charge is 0.161 e. The summed E-state index contributed by atoms with van der Waals surface area (Å²) < 4.78 is 18.3. The van der Waals surface area contributed by atoms with Crippen LogP contribution < -0.4 is 25.4 Å². The van der Waals surface area contributed by atoms with Crippen LogP contribution in [0.3, 0.4) is 0 Å². The van der Waals surface area contributed by atoms with Crippen LogP contribution in [-0.2, 0) is 0 Å². The molecule has 1 spiro atoms. The zero-order valence-electron chi connectivity index (χ0n) is 26.5. The first-order valence-electron chi connectivity index (χ1n) is 16.5. The van der Waals surface area contributed by atoms with Crippen molar-refractivity contribution in [3.63, 3.8) is 0 Å². The molecule has 1 saturated carbocycles. The lowest BCUT2D eigenvalue weighted by atomic mass is 9.60. The molecule has 3 N–H and O–H groups in total. The van der Waals surface area contributed by atoms with Gasteiger partial charge in [-0.05, 0) is 145 Å². The molecule has 0 radical (unpaired) electrons. The highest BCUT2D eigenvalue weighted by Gasteiger charge is 2.44. The van der Waals surface area contributed by atoms with E-state index in [1.165, 1.54) is 50.5 Å². The Bertz CT molecular complexity index is 1210. The van der Waals surface area contributed by atoms with Crippen molar-refractivity contribution in [2.75, 3.05) is 39.9 Å². The van der Waals surface area contributed by atoms with Gasteiger partial charge in [0.05, 0.1) is 13.7 Å². The fourth-order valence-electron chi connectivity index (χ4n) is 7.09. The third kappa shape index (κ3) is 7.82. The van der Waals surface area contributed by atoms with Crippen LogP contribution >= 0.6 is 0 Å². The molecule has 0 atom stereocenters. The zero-order chi connectivity index (χ0) is 29.4. The average molecular weight is 576 g/mol. The monoisotopic (exact) mass is 575 g/mol. The summed E-state index contributed by atoms with van der Waals surface area (Å²) in [5.74, 6) is 4.30. The Labute approximate surface area is 253 Å². The summed E-state index contributed by atoms with van der Waals surface area (Å²) in [4.78, 5) is 0. The lowest BCUT2D eigenvalue weighted by Gasteiger charge is -2.51. The number of rotatable bonds is 13. The van der Waals surface area contributed by atoms with Crippen molar-refractivity contribution < 1.29 is 13.9 Å². The molecule has 6 heteroatoms. The molecule has 3 aliphatic rings. The van der Waals surface area contributed by atoms with Gasteiger partial charge in [0.2, 0.25) is 0 Å². The molecule has 6 nitrogen and oxygen atoms in total. The summed E-state index contributed by atoms with van der Waals surface area (Å²) in [6.07, 6.45) is 16.6. The van der Waals surface area contributed by atoms with Crippen molar-refractivity contribution >= 4 is 11.3 Å². The molecular formula is C36H53N3O3. The van der Waals surface area contributed by atoms with E-state index >= 15 is 0 Å². The Morgan fingerprint density at radius 2 is 1.81 bits per heavy atom. The van der Waals surface area contributed by atoms with Gasteiger partial charge in [0.1, 0.15) is 11.5 Å². The molecule has 3 heterocycles. The van der Waals surface area contributed by atoms with E-state index < -0.39 is 0 Å².